The van der Waals surface area contributed by atoms with Crippen molar-refractivity contribution in [1.29, 1.82) is 0 Å². The van der Waals surface area contributed by atoms with Crippen molar-refractivity contribution in [2.45, 2.75) is 39.5 Å². The van der Waals surface area contributed by atoms with E-state index in [1.165, 1.54) is 22.3 Å². The van der Waals surface area contributed by atoms with E-state index in [-0.39, 0.29) is 16.8 Å². The molecular formula is C25H19N3O5S2. The highest BCUT2D eigenvalue weighted by atomic mass is 32.1. The Kier molecular flexibility index (Phi) is 4.97. The summed E-state index contributed by atoms with van der Waals surface area (Å²) in [6, 6.07) is 6.78. The summed E-state index contributed by atoms with van der Waals surface area (Å²) in [6.45, 7) is 3.54. The Bertz CT molecular complexity index is 1860. The summed E-state index contributed by atoms with van der Waals surface area (Å²) >= 11 is 2.67. The molecular weight excluding hydrogens is 486 g/mol. The maximum absolute atomic E-state index is 13.3. The van der Waals surface area contributed by atoms with Crippen LogP contribution in [0.2, 0.25) is 0 Å². The van der Waals surface area contributed by atoms with Crippen LogP contribution in [-0.4, -0.2) is 14.3 Å². The number of benzene rings is 1. The lowest BCUT2D eigenvalue weighted by Crippen LogP contribution is -2.24. The van der Waals surface area contributed by atoms with Crippen molar-refractivity contribution in [1.82, 2.24) is 9.38 Å². The van der Waals surface area contributed by atoms with Crippen molar-refractivity contribution in [2.75, 3.05) is 0 Å². The van der Waals surface area contributed by atoms with Crippen LogP contribution in [-0.2, 0) is 12.8 Å². The Labute approximate surface area is 205 Å². The zero-order valence-corrected chi connectivity index (χ0v) is 20.5. The van der Waals surface area contributed by atoms with Crippen LogP contribution in [0.4, 0.5) is 5.69 Å². The number of hydrogen-bond acceptors (Lipinski definition) is 8. The standard InChI is InChI=1S/C25H19N3O5S2/c1-12-9-14(10-17(13(12)2)28(31)32)18-8-7-15(33-18)11-20-23(30)27-24-21(22(29)26-25(27)35-20)16-5-3-4-6-19(16)34-24/h7-11H,3-6H2,1-2H3/b20-11-. The molecule has 0 fully saturated rings. The number of hydrogen-bond donors (Lipinski definition) is 0. The van der Waals surface area contributed by atoms with E-state index in [1.54, 1.807) is 29.5 Å². The van der Waals surface area contributed by atoms with Gasteiger partial charge in [0.05, 0.1) is 10.3 Å². The number of nitrogens with zero attached hydrogens (tertiary/aromatic N) is 3. The molecule has 0 spiro atoms. The fourth-order valence-electron chi connectivity index (χ4n) is 4.69. The third kappa shape index (κ3) is 3.43. The second-order valence-electron chi connectivity index (χ2n) is 8.74. The predicted octanol–water partition coefficient (Wildman–Crippen LogP) is 4.54. The van der Waals surface area contributed by atoms with Crippen LogP contribution >= 0.6 is 22.7 Å². The summed E-state index contributed by atoms with van der Waals surface area (Å²) in [5.74, 6) is 0.908. The number of rotatable bonds is 3. The average Bonchev–Trinajstić information content (AvgIpc) is 3.52. The summed E-state index contributed by atoms with van der Waals surface area (Å²) < 4.78 is 7.89. The number of furan rings is 1. The van der Waals surface area contributed by atoms with Crippen molar-refractivity contribution >= 4 is 49.6 Å². The lowest BCUT2D eigenvalue weighted by Gasteiger charge is -2.09. The van der Waals surface area contributed by atoms with E-state index >= 15 is 0 Å². The summed E-state index contributed by atoms with van der Waals surface area (Å²) in [6.07, 6.45) is 5.54. The lowest BCUT2D eigenvalue weighted by molar-refractivity contribution is -0.385. The molecule has 0 bridgehead atoms. The smallest absolute Gasteiger partial charge is 0.282 e. The van der Waals surface area contributed by atoms with Gasteiger partial charge < -0.3 is 4.42 Å². The first-order chi connectivity index (χ1) is 16.8. The SMILES string of the molecule is Cc1cc(-c2ccc(/C=c3\sc4nc(=O)c5c6c(sc5n4c3=O)CCCC6)o2)cc([N+](=O)[O-])c1C. The third-order valence-corrected chi connectivity index (χ3v) is 8.84. The minimum absolute atomic E-state index is 0.0341. The number of aryl methyl sites for hydroxylation is 3. The Morgan fingerprint density at radius 1 is 1.14 bits per heavy atom. The van der Waals surface area contributed by atoms with E-state index in [1.807, 2.05) is 13.0 Å². The van der Waals surface area contributed by atoms with Crippen LogP contribution in [0.15, 0.2) is 38.3 Å². The number of aromatic nitrogens is 2. The fourth-order valence-corrected chi connectivity index (χ4v) is 7.07. The van der Waals surface area contributed by atoms with Crippen molar-refractivity contribution in [2.24, 2.45) is 0 Å². The highest BCUT2D eigenvalue weighted by Crippen LogP contribution is 2.34. The second kappa shape index (κ2) is 7.96. The Hall–Kier alpha value is -3.63. The van der Waals surface area contributed by atoms with Gasteiger partial charge in [-0.05, 0) is 68.9 Å². The molecule has 6 rings (SSSR count). The van der Waals surface area contributed by atoms with E-state index in [0.29, 0.717) is 42.4 Å². The molecule has 10 heteroatoms. The molecule has 5 aromatic rings. The maximum atomic E-state index is 13.3. The van der Waals surface area contributed by atoms with Gasteiger partial charge >= 0.3 is 0 Å². The van der Waals surface area contributed by atoms with E-state index in [0.717, 1.165) is 48.1 Å². The highest BCUT2D eigenvalue weighted by Gasteiger charge is 2.22. The zero-order valence-electron chi connectivity index (χ0n) is 18.9. The third-order valence-electron chi connectivity index (χ3n) is 6.59. The molecule has 0 N–H and O–H groups in total. The van der Waals surface area contributed by atoms with Crippen molar-refractivity contribution in [3.63, 3.8) is 0 Å². The van der Waals surface area contributed by atoms with Crippen molar-refractivity contribution < 1.29 is 9.34 Å². The normalized spacial score (nSPS) is 14.2. The topological polar surface area (TPSA) is 108 Å². The van der Waals surface area contributed by atoms with Crippen LogP contribution in [0.1, 0.15) is 40.2 Å². The lowest BCUT2D eigenvalue weighted by atomic mass is 9.97. The molecule has 0 saturated carbocycles. The Morgan fingerprint density at radius 2 is 1.94 bits per heavy atom. The second-order valence-corrected chi connectivity index (χ2v) is 10.8. The molecule has 176 valence electrons. The molecule has 35 heavy (non-hydrogen) atoms. The van der Waals surface area contributed by atoms with Crippen molar-refractivity contribution in [3.8, 4) is 11.3 Å². The van der Waals surface area contributed by atoms with Crippen molar-refractivity contribution in [3.05, 3.63) is 86.9 Å². The van der Waals surface area contributed by atoms with E-state index in [2.05, 4.69) is 4.98 Å². The molecule has 8 nitrogen and oxygen atoms in total. The van der Waals surface area contributed by atoms with Crippen LogP contribution in [0.25, 0.3) is 32.6 Å². The molecule has 1 aliphatic carbocycles. The summed E-state index contributed by atoms with van der Waals surface area (Å²) in [5, 5.41) is 12.0. The van der Waals surface area contributed by atoms with Gasteiger partial charge in [-0.25, -0.2) is 4.40 Å². The van der Waals surface area contributed by atoms with Gasteiger partial charge in [-0.3, -0.25) is 19.7 Å². The molecule has 0 amide bonds. The molecule has 0 radical (unpaired) electrons. The molecule has 4 aromatic heterocycles. The van der Waals surface area contributed by atoms with Gasteiger partial charge in [-0.2, -0.15) is 4.98 Å². The minimum Gasteiger partial charge on any atom is -0.457 e. The Balaban J connectivity index is 1.49. The van der Waals surface area contributed by atoms with Crippen LogP contribution < -0.4 is 15.7 Å². The van der Waals surface area contributed by atoms with E-state index in [9.17, 15) is 19.7 Å². The number of thiophene rings is 1. The van der Waals surface area contributed by atoms with Gasteiger partial charge in [0.2, 0.25) is 4.96 Å². The highest BCUT2D eigenvalue weighted by molar-refractivity contribution is 7.19. The number of thiazole rings is 1. The maximum Gasteiger partial charge on any atom is 0.282 e. The molecule has 1 aromatic carbocycles. The van der Waals surface area contributed by atoms with Gasteiger partial charge in [-0.15, -0.1) is 11.3 Å². The summed E-state index contributed by atoms with van der Waals surface area (Å²) in [5.41, 5.74) is 2.58. The summed E-state index contributed by atoms with van der Waals surface area (Å²) in [4.78, 5) is 43.6. The van der Waals surface area contributed by atoms with Gasteiger partial charge in [-0.1, -0.05) is 11.3 Å². The van der Waals surface area contributed by atoms with Crippen LogP contribution in [0.5, 0.6) is 0 Å². The van der Waals surface area contributed by atoms with E-state index in [4.69, 9.17) is 4.42 Å². The molecule has 0 unspecified atom stereocenters. The molecule has 4 heterocycles. The number of nitro benzene ring substituents is 1. The number of nitro groups is 1. The Morgan fingerprint density at radius 3 is 2.74 bits per heavy atom. The van der Waals surface area contributed by atoms with E-state index < -0.39 is 4.92 Å². The first-order valence-corrected chi connectivity index (χ1v) is 12.8. The van der Waals surface area contributed by atoms with Gasteiger partial charge in [0.25, 0.3) is 16.8 Å². The van der Waals surface area contributed by atoms with Crippen LogP contribution in [0, 0.1) is 24.0 Å². The van der Waals surface area contributed by atoms with Gasteiger partial charge in [0.1, 0.15) is 20.9 Å². The monoisotopic (exact) mass is 505 g/mol. The first kappa shape index (κ1) is 21.9. The average molecular weight is 506 g/mol. The minimum atomic E-state index is -0.402. The first-order valence-electron chi connectivity index (χ1n) is 11.2. The molecule has 0 aliphatic heterocycles. The zero-order chi connectivity index (χ0) is 24.4. The van der Waals surface area contributed by atoms with Gasteiger partial charge in [0.15, 0.2) is 0 Å². The van der Waals surface area contributed by atoms with Crippen LogP contribution in [0.3, 0.4) is 0 Å². The quantitative estimate of drug-likeness (QED) is 0.263. The molecule has 1 aliphatic rings. The predicted molar refractivity (Wildman–Crippen MR) is 137 cm³/mol. The molecule has 0 atom stereocenters. The van der Waals surface area contributed by atoms with Gasteiger partial charge in [0, 0.05) is 28.1 Å². The number of fused-ring (bicyclic) bond motifs is 5. The molecule has 0 saturated heterocycles. The largest absolute Gasteiger partial charge is 0.457 e. The summed E-state index contributed by atoms with van der Waals surface area (Å²) in [7, 11) is 0. The fraction of sp³-hybridized carbons (Fsp3) is 0.240.